The molecule has 0 atom stereocenters. The maximum absolute atomic E-state index is 13.2. The van der Waals surface area contributed by atoms with Crippen LogP contribution in [-0.4, -0.2) is 88.5 Å². The van der Waals surface area contributed by atoms with Gasteiger partial charge >= 0.3 is 0 Å². The molecule has 2 aliphatic heterocycles. The predicted molar refractivity (Wildman–Crippen MR) is 131 cm³/mol. The molecule has 190 valence electrons. The van der Waals surface area contributed by atoms with Gasteiger partial charge in [-0.3, -0.25) is 9.69 Å². The van der Waals surface area contributed by atoms with Gasteiger partial charge in [-0.05, 0) is 43.7 Å². The van der Waals surface area contributed by atoms with E-state index in [1.165, 1.54) is 63.2 Å². The van der Waals surface area contributed by atoms with Gasteiger partial charge in [0.1, 0.15) is 0 Å². The Labute approximate surface area is 204 Å². The minimum absolute atomic E-state index is 0.0956. The summed E-state index contributed by atoms with van der Waals surface area (Å²) < 4.78 is 38.3. The molecule has 0 radical (unpaired) electrons. The lowest BCUT2D eigenvalue weighted by molar-refractivity contribution is -0.138. The summed E-state index contributed by atoms with van der Waals surface area (Å²) in [7, 11) is -0.643. The fraction of sp³-hybridized carbons (Fsp3) is 0.720. The lowest BCUT2D eigenvalue weighted by Gasteiger charge is -2.39. The average molecular weight is 494 g/mol. The molecule has 3 aliphatic rings. The summed E-state index contributed by atoms with van der Waals surface area (Å²) in [6, 6.07) is 4.65. The van der Waals surface area contributed by atoms with Crippen molar-refractivity contribution >= 4 is 15.9 Å². The van der Waals surface area contributed by atoms with Crippen molar-refractivity contribution in [2.45, 2.75) is 49.8 Å². The van der Waals surface area contributed by atoms with Crippen molar-refractivity contribution in [3.8, 4) is 11.5 Å². The molecule has 2 saturated heterocycles. The third kappa shape index (κ3) is 5.69. The molecule has 0 bridgehead atoms. The summed E-state index contributed by atoms with van der Waals surface area (Å²) in [6.45, 7) is 5.37. The lowest BCUT2D eigenvalue weighted by atomic mass is 9.89. The number of carbonyl (C=O) groups is 1. The minimum Gasteiger partial charge on any atom is -0.493 e. The largest absolute Gasteiger partial charge is 0.493 e. The van der Waals surface area contributed by atoms with Gasteiger partial charge in [0.2, 0.25) is 15.9 Å². The summed E-state index contributed by atoms with van der Waals surface area (Å²) in [5.41, 5.74) is 0. The molecule has 0 aromatic heterocycles. The molecule has 0 unspecified atom stereocenters. The molecule has 9 heteroatoms. The van der Waals surface area contributed by atoms with Gasteiger partial charge in [-0.25, -0.2) is 8.42 Å². The van der Waals surface area contributed by atoms with Crippen molar-refractivity contribution in [3.63, 3.8) is 0 Å². The molecule has 1 aliphatic carbocycles. The molecule has 1 amide bonds. The van der Waals surface area contributed by atoms with Crippen LogP contribution >= 0.6 is 0 Å². The number of hydrogen-bond acceptors (Lipinski definition) is 6. The van der Waals surface area contributed by atoms with Gasteiger partial charge in [-0.15, -0.1) is 0 Å². The van der Waals surface area contributed by atoms with Crippen LogP contribution in [0, 0.1) is 11.8 Å². The smallest absolute Gasteiger partial charge is 0.243 e. The number of nitrogens with zero attached hydrogens (tertiary/aromatic N) is 3. The van der Waals surface area contributed by atoms with Crippen molar-refractivity contribution < 1.29 is 22.7 Å². The third-order valence-electron chi connectivity index (χ3n) is 7.72. The number of benzene rings is 1. The summed E-state index contributed by atoms with van der Waals surface area (Å²) in [5.74, 6) is 1.80. The van der Waals surface area contributed by atoms with Crippen molar-refractivity contribution in [2.24, 2.45) is 11.8 Å². The van der Waals surface area contributed by atoms with Gasteiger partial charge in [0.25, 0.3) is 0 Å². The van der Waals surface area contributed by atoms with E-state index in [1.807, 2.05) is 4.90 Å². The van der Waals surface area contributed by atoms with Crippen LogP contribution < -0.4 is 9.47 Å². The SMILES string of the molecule is COc1ccc(S(=O)(=O)N2CCC(C(=O)N3CCN(CC4CCCCC4)CC3)CC2)cc1OC. The Hall–Kier alpha value is -1.84. The number of ether oxygens (including phenoxy) is 2. The second-order valence-electron chi connectivity index (χ2n) is 9.83. The van der Waals surface area contributed by atoms with Crippen LogP contribution in [0.5, 0.6) is 11.5 Å². The molecular weight excluding hydrogens is 454 g/mol. The summed E-state index contributed by atoms with van der Waals surface area (Å²) >= 11 is 0. The van der Waals surface area contributed by atoms with Gasteiger partial charge in [0.05, 0.1) is 19.1 Å². The highest BCUT2D eigenvalue weighted by molar-refractivity contribution is 7.89. The summed E-state index contributed by atoms with van der Waals surface area (Å²) in [5, 5.41) is 0. The fourth-order valence-electron chi connectivity index (χ4n) is 5.61. The molecule has 4 rings (SSSR count). The van der Waals surface area contributed by atoms with Crippen LogP contribution in [0.1, 0.15) is 44.9 Å². The Bertz CT molecular complexity index is 932. The van der Waals surface area contributed by atoms with E-state index >= 15 is 0 Å². The molecule has 2 heterocycles. The number of piperidine rings is 1. The van der Waals surface area contributed by atoms with Gasteiger partial charge in [-0.1, -0.05) is 19.3 Å². The zero-order chi connectivity index (χ0) is 24.1. The molecule has 3 fully saturated rings. The highest BCUT2D eigenvalue weighted by Crippen LogP contribution is 2.32. The summed E-state index contributed by atoms with van der Waals surface area (Å²) in [4.78, 5) is 17.8. The van der Waals surface area contributed by atoms with Gasteiger partial charge in [0, 0.05) is 57.8 Å². The minimum atomic E-state index is -3.65. The van der Waals surface area contributed by atoms with Crippen LogP contribution in [0.15, 0.2) is 23.1 Å². The van der Waals surface area contributed by atoms with E-state index in [-0.39, 0.29) is 16.7 Å². The van der Waals surface area contributed by atoms with E-state index in [0.717, 1.165) is 32.1 Å². The maximum atomic E-state index is 13.2. The Kier molecular flexibility index (Phi) is 8.37. The molecule has 1 aromatic rings. The molecule has 1 saturated carbocycles. The Morgan fingerprint density at radius 1 is 0.882 bits per heavy atom. The number of methoxy groups -OCH3 is 2. The van der Waals surface area contributed by atoms with Gasteiger partial charge in [0.15, 0.2) is 11.5 Å². The first-order chi connectivity index (χ1) is 16.4. The van der Waals surface area contributed by atoms with Crippen molar-refractivity contribution in [1.82, 2.24) is 14.1 Å². The Balaban J connectivity index is 1.27. The van der Waals surface area contributed by atoms with Gasteiger partial charge < -0.3 is 14.4 Å². The predicted octanol–water partition coefficient (Wildman–Crippen LogP) is 2.83. The quantitative estimate of drug-likeness (QED) is 0.581. The number of carbonyl (C=O) groups excluding carboxylic acids is 1. The van der Waals surface area contributed by atoms with Crippen LogP contribution in [0.4, 0.5) is 0 Å². The number of amides is 1. The molecule has 0 N–H and O–H groups in total. The highest BCUT2D eigenvalue weighted by atomic mass is 32.2. The zero-order valence-corrected chi connectivity index (χ0v) is 21.4. The first-order valence-electron chi connectivity index (χ1n) is 12.7. The standard InChI is InChI=1S/C25H39N3O5S/c1-32-23-9-8-22(18-24(23)33-2)34(30,31)28-12-10-21(11-13-28)25(29)27-16-14-26(15-17-27)19-20-6-4-3-5-7-20/h8-9,18,20-21H,3-7,10-17,19H2,1-2H3. The number of hydrogen-bond donors (Lipinski definition) is 0. The molecule has 8 nitrogen and oxygen atoms in total. The Morgan fingerprint density at radius 3 is 2.15 bits per heavy atom. The molecule has 34 heavy (non-hydrogen) atoms. The first-order valence-corrected chi connectivity index (χ1v) is 14.1. The van der Waals surface area contributed by atoms with Crippen molar-refractivity contribution in [2.75, 3.05) is 60.0 Å². The average Bonchev–Trinajstić information content (AvgIpc) is 2.89. The van der Waals surface area contributed by atoms with E-state index in [9.17, 15) is 13.2 Å². The maximum Gasteiger partial charge on any atom is 0.243 e. The van der Waals surface area contributed by atoms with Gasteiger partial charge in [-0.2, -0.15) is 4.31 Å². The van der Waals surface area contributed by atoms with Crippen LogP contribution in [0.3, 0.4) is 0 Å². The second kappa shape index (κ2) is 11.3. The van der Waals surface area contributed by atoms with E-state index in [4.69, 9.17) is 9.47 Å². The van der Waals surface area contributed by atoms with Crippen molar-refractivity contribution in [1.29, 1.82) is 0 Å². The second-order valence-corrected chi connectivity index (χ2v) is 11.8. The third-order valence-corrected chi connectivity index (χ3v) is 9.62. The van der Waals surface area contributed by atoms with E-state index < -0.39 is 10.0 Å². The lowest BCUT2D eigenvalue weighted by Crippen LogP contribution is -2.52. The van der Waals surface area contributed by atoms with E-state index in [2.05, 4.69) is 4.90 Å². The first kappa shape index (κ1) is 25.3. The zero-order valence-electron chi connectivity index (χ0n) is 20.6. The van der Waals surface area contributed by atoms with Crippen LogP contribution in [-0.2, 0) is 14.8 Å². The van der Waals surface area contributed by atoms with Crippen LogP contribution in [0.25, 0.3) is 0 Å². The molecular formula is C25H39N3O5S. The topological polar surface area (TPSA) is 79.4 Å². The Morgan fingerprint density at radius 2 is 1.53 bits per heavy atom. The summed E-state index contributed by atoms with van der Waals surface area (Å²) in [6.07, 6.45) is 7.94. The normalized spacial score (nSPS) is 22.0. The van der Waals surface area contributed by atoms with E-state index in [1.54, 1.807) is 12.1 Å². The number of rotatable bonds is 7. The number of piperazine rings is 1. The molecule has 1 aromatic carbocycles. The van der Waals surface area contributed by atoms with E-state index in [0.29, 0.717) is 37.4 Å². The van der Waals surface area contributed by atoms with Crippen LogP contribution in [0.2, 0.25) is 0 Å². The fourth-order valence-corrected chi connectivity index (χ4v) is 7.10. The monoisotopic (exact) mass is 493 g/mol. The molecule has 0 spiro atoms. The number of sulfonamides is 1. The highest BCUT2D eigenvalue weighted by Gasteiger charge is 2.35. The van der Waals surface area contributed by atoms with Crippen molar-refractivity contribution in [3.05, 3.63) is 18.2 Å².